The summed E-state index contributed by atoms with van der Waals surface area (Å²) in [6.45, 7) is 0. The van der Waals surface area contributed by atoms with Crippen molar-refractivity contribution < 1.29 is 14.4 Å². The first-order valence-electron chi connectivity index (χ1n) is 3.04. The van der Waals surface area contributed by atoms with Crippen molar-refractivity contribution in [1.29, 1.82) is 0 Å². The monoisotopic (exact) mass is 281 g/mol. The fraction of sp³-hybridized carbons (Fsp3) is 0. The number of carbonyl (C=O) groups is 1. The lowest BCUT2D eigenvalue weighted by Crippen LogP contribution is -2.19. The summed E-state index contributed by atoms with van der Waals surface area (Å²) in [6, 6.07) is 3.77. The van der Waals surface area contributed by atoms with Crippen LogP contribution in [0.15, 0.2) is 18.2 Å². The molecule has 2 N–H and O–H groups in total. The van der Waals surface area contributed by atoms with Gasteiger partial charge in [-0.25, -0.2) is 9.87 Å². The SMILES string of the molecule is O=C(NO)c1cc(F)ccc1I. The number of benzene rings is 1. The normalized spacial score (nSPS) is 9.58. The first-order valence-corrected chi connectivity index (χ1v) is 4.12. The van der Waals surface area contributed by atoms with Gasteiger partial charge >= 0.3 is 0 Å². The maximum Gasteiger partial charge on any atom is 0.275 e. The van der Waals surface area contributed by atoms with Gasteiger partial charge in [0.1, 0.15) is 5.82 Å². The summed E-state index contributed by atoms with van der Waals surface area (Å²) in [5, 5.41) is 8.28. The molecule has 64 valence electrons. The Morgan fingerprint density at radius 2 is 2.25 bits per heavy atom. The molecule has 0 aliphatic heterocycles. The molecular weight excluding hydrogens is 276 g/mol. The predicted molar refractivity (Wildman–Crippen MR) is 48.4 cm³/mol. The molecule has 0 aliphatic rings. The van der Waals surface area contributed by atoms with Gasteiger partial charge in [0.15, 0.2) is 0 Å². The highest BCUT2D eigenvalue weighted by atomic mass is 127. The standard InChI is InChI=1S/C7H5FINO2/c8-4-1-2-6(9)5(3-4)7(11)10-12/h1-3,12H,(H,10,11). The minimum absolute atomic E-state index is 0.123. The summed E-state index contributed by atoms with van der Waals surface area (Å²) in [4.78, 5) is 10.9. The van der Waals surface area contributed by atoms with E-state index in [4.69, 9.17) is 5.21 Å². The molecule has 0 heterocycles. The van der Waals surface area contributed by atoms with Crippen molar-refractivity contribution in [3.63, 3.8) is 0 Å². The highest BCUT2D eigenvalue weighted by Gasteiger charge is 2.09. The van der Waals surface area contributed by atoms with Crippen LogP contribution in [0.4, 0.5) is 4.39 Å². The number of hydrogen-bond donors (Lipinski definition) is 2. The van der Waals surface area contributed by atoms with E-state index in [9.17, 15) is 9.18 Å². The summed E-state index contributed by atoms with van der Waals surface area (Å²) in [7, 11) is 0. The molecule has 0 saturated carbocycles. The number of rotatable bonds is 1. The maximum absolute atomic E-state index is 12.6. The van der Waals surface area contributed by atoms with Crippen LogP contribution >= 0.6 is 22.6 Å². The summed E-state index contributed by atoms with van der Waals surface area (Å²) in [6.07, 6.45) is 0. The number of nitrogens with one attached hydrogen (secondary N) is 1. The van der Waals surface area contributed by atoms with Crippen molar-refractivity contribution in [3.05, 3.63) is 33.1 Å². The zero-order chi connectivity index (χ0) is 9.14. The Labute approximate surface area is 81.7 Å². The van der Waals surface area contributed by atoms with Crippen LogP contribution in [-0.2, 0) is 0 Å². The van der Waals surface area contributed by atoms with Gasteiger partial charge < -0.3 is 0 Å². The van der Waals surface area contributed by atoms with Gasteiger partial charge in [0, 0.05) is 3.57 Å². The Morgan fingerprint density at radius 3 is 2.83 bits per heavy atom. The smallest absolute Gasteiger partial charge is 0.275 e. The molecule has 0 aromatic heterocycles. The quantitative estimate of drug-likeness (QED) is 0.466. The number of carbonyl (C=O) groups excluding carboxylic acids is 1. The van der Waals surface area contributed by atoms with E-state index in [0.29, 0.717) is 3.57 Å². The molecule has 3 nitrogen and oxygen atoms in total. The van der Waals surface area contributed by atoms with E-state index in [1.807, 2.05) is 22.6 Å². The van der Waals surface area contributed by atoms with Crippen LogP contribution in [-0.4, -0.2) is 11.1 Å². The van der Waals surface area contributed by atoms with Crippen molar-refractivity contribution in [2.75, 3.05) is 0 Å². The number of halogens is 2. The molecule has 0 bridgehead atoms. The molecule has 0 aliphatic carbocycles. The van der Waals surface area contributed by atoms with E-state index in [2.05, 4.69) is 0 Å². The molecule has 5 heteroatoms. The average Bonchev–Trinajstić information content (AvgIpc) is 2.08. The lowest BCUT2D eigenvalue weighted by Gasteiger charge is -2.00. The van der Waals surface area contributed by atoms with Gasteiger partial charge in [-0.3, -0.25) is 10.0 Å². The molecule has 0 atom stereocenters. The van der Waals surface area contributed by atoms with E-state index in [0.717, 1.165) is 6.07 Å². The van der Waals surface area contributed by atoms with Gasteiger partial charge in [-0.05, 0) is 40.8 Å². The van der Waals surface area contributed by atoms with Gasteiger partial charge in [0.2, 0.25) is 0 Å². The highest BCUT2D eigenvalue weighted by molar-refractivity contribution is 14.1. The lowest BCUT2D eigenvalue weighted by molar-refractivity contribution is 0.0705. The van der Waals surface area contributed by atoms with Gasteiger partial charge in [-0.1, -0.05) is 0 Å². The Balaban J connectivity index is 3.13. The van der Waals surface area contributed by atoms with Crippen LogP contribution in [0.2, 0.25) is 0 Å². The van der Waals surface area contributed by atoms with Crippen LogP contribution in [0, 0.1) is 9.39 Å². The van der Waals surface area contributed by atoms with Crippen molar-refractivity contribution >= 4 is 28.5 Å². The molecule has 0 radical (unpaired) electrons. The van der Waals surface area contributed by atoms with Crippen molar-refractivity contribution in [2.45, 2.75) is 0 Å². The zero-order valence-electron chi connectivity index (χ0n) is 5.84. The third-order valence-electron chi connectivity index (χ3n) is 1.27. The molecule has 0 unspecified atom stereocenters. The van der Waals surface area contributed by atoms with E-state index in [1.165, 1.54) is 17.6 Å². The number of amides is 1. The fourth-order valence-corrected chi connectivity index (χ4v) is 1.31. The number of hydroxylamine groups is 1. The molecular formula is C7H5FINO2. The molecule has 1 aromatic rings. The Hall–Kier alpha value is -0.690. The van der Waals surface area contributed by atoms with E-state index in [-0.39, 0.29) is 5.56 Å². The summed E-state index contributed by atoms with van der Waals surface area (Å²) in [5.74, 6) is -1.21. The van der Waals surface area contributed by atoms with Crippen LogP contribution in [0.25, 0.3) is 0 Å². The molecule has 1 rings (SSSR count). The van der Waals surface area contributed by atoms with E-state index in [1.54, 1.807) is 0 Å². The van der Waals surface area contributed by atoms with Gasteiger partial charge in [0.05, 0.1) is 5.56 Å². The summed E-state index contributed by atoms with van der Waals surface area (Å²) >= 11 is 1.88. The molecule has 0 spiro atoms. The van der Waals surface area contributed by atoms with Gasteiger partial charge in [0.25, 0.3) is 5.91 Å². The van der Waals surface area contributed by atoms with E-state index < -0.39 is 11.7 Å². The minimum atomic E-state index is -0.709. The largest absolute Gasteiger partial charge is 0.288 e. The molecule has 1 aromatic carbocycles. The average molecular weight is 281 g/mol. The Kier molecular flexibility index (Phi) is 2.99. The Bertz CT molecular complexity index is 316. The number of hydrogen-bond acceptors (Lipinski definition) is 2. The van der Waals surface area contributed by atoms with Crippen LogP contribution in [0.5, 0.6) is 0 Å². The highest BCUT2D eigenvalue weighted by Crippen LogP contribution is 2.13. The van der Waals surface area contributed by atoms with Gasteiger partial charge in [-0.2, -0.15) is 0 Å². The third-order valence-corrected chi connectivity index (χ3v) is 2.22. The van der Waals surface area contributed by atoms with E-state index >= 15 is 0 Å². The summed E-state index contributed by atoms with van der Waals surface area (Å²) < 4.78 is 13.2. The predicted octanol–water partition coefficient (Wildman–Crippen LogP) is 1.55. The minimum Gasteiger partial charge on any atom is -0.288 e. The van der Waals surface area contributed by atoms with Gasteiger partial charge in [-0.15, -0.1) is 0 Å². The van der Waals surface area contributed by atoms with Crippen molar-refractivity contribution in [2.24, 2.45) is 0 Å². The summed E-state index contributed by atoms with van der Waals surface area (Å²) in [5.41, 5.74) is 1.56. The second-order valence-electron chi connectivity index (χ2n) is 2.07. The topological polar surface area (TPSA) is 49.3 Å². The van der Waals surface area contributed by atoms with Crippen LogP contribution in [0.3, 0.4) is 0 Å². The first kappa shape index (κ1) is 9.40. The third kappa shape index (κ3) is 1.92. The lowest BCUT2D eigenvalue weighted by atomic mass is 10.2. The maximum atomic E-state index is 12.6. The molecule has 12 heavy (non-hydrogen) atoms. The molecule has 0 fully saturated rings. The van der Waals surface area contributed by atoms with Crippen molar-refractivity contribution in [3.8, 4) is 0 Å². The second kappa shape index (κ2) is 3.81. The molecule has 0 saturated heterocycles. The zero-order valence-corrected chi connectivity index (χ0v) is 8.00. The Morgan fingerprint density at radius 1 is 1.58 bits per heavy atom. The van der Waals surface area contributed by atoms with Crippen molar-refractivity contribution in [1.82, 2.24) is 5.48 Å². The fourth-order valence-electron chi connectivity index (χ4n) is 0.732. The van der Waals surface area contributed by atoms with Crippen LogP contribution in [0.1, 0.15) is 10.4 Å². The second-order valence-corrected chi connectivity index (χ2v) is 3.23. The van der Waals surface area contributed by atoms with Crippen LogP contribution < -0.4 is 5.48 Å². The first-order chi connectivity index (χ1) is 5.65. The molecule has 1 amide bonds.